The maximum atomic E-state index is 15.0. The lowest BCUT2D eigenvalue weighted by atomic mass is 9.97. The number of nitrogens with zero attached hydrogens (tertiary/aromatic N) is 1. The SMILES string of the molecule is CCc1ccc(-c2c([O])cc(F)c(C(F)(F)Oc3cc(F)c(C#N)c(F)c3)c2F)c(F)c1. The second-order valence-electron chi connectivity index (χ2n) is 6.58. The molecule has 3 aromatic carbocycles. The van der Waals surface area contributed by atoms with Gasteiger partial charge in [0.2, 0.25) is 0 Å². The van der Waals surface area contributed by atoms with Crippen molar-refractivity contribution in [3.63, 3.8) is 0 Å². The Bertz CT molecular complexity index is 1230. The molecule has 3 nitrogen and oxygen atoms in total. The van der Waals surface area contributed by atoms with Gasteiger partial charge in [0.05, 0.1) is 5.56 Å². The van der Waals surface area contributed by atoms with Crippen molar-refractivity contribution >= 4 is 0 Å². The van der Waals surface area contributed by atoms with Crippen LogP contribution < -0.4 is 4.74 Å². The van der Waals surface area contributed by atoms with Gasteiger partial charge in [-0.05, 0) is 18.1 Å². The Balaban J connectivity index is 2.14. The van der Waals surface area contributed by atoms with Crippen LogP contribution in [0.2, 0.25) is 0 Å². The van der Waals surface area contributed by atoms with Crippen LogP contribution in [-0.4, -0.2) is 0 Å². The molecule has 165 valence electrons. The number of nitriles is 1. The second-order valence-corrected chi connectivity index (χ2v) is 6.58. The first-order valence-corrected chi connectivity index (χ1v) is 8.94. The summed E-state index contributed by atoms with van der Waals surface area (Å²) in [5, 5.41) is 20.7. The van der Waals surface area contributed by atoms with Gasteiger partial charge in [-0.2, -0.15) is 14.0 Å². The van der Waals surface area contributed by atoms with E-state index in [0.29, 0.717) is 12.0 Å². The van der Waals surface area contributed by atoms with E-state index in [1.807, 2.05) is 0 Å². The topological polar surface area (TPSA) is 52.9 Å². The monoisotopic (exact) mass is 454 g/mol. The van der Waals surface area contributed by atoms with Crippen LogP contribution in [0.1, 0.15) is 23.6 Å². The van der Waals surface area contributed by atoms with E-state index >= 15 is 0 Å². The lowest BCUT2D eigenvalue weighted by Crippen LogP contribution is -2.25. The van der Waals surface area contributed by atoms with Crippen LogP contribution in [0.5, 0.6) is 11.5 Å². The highest BCUT2D eigenvalue weighted by atomic mass is 19.3. The van der Waals surface area contributed by atoms with Gasteiger partial charge in [-0.3, -0.25) is 5.11 Å². The zero-order valence-electron chi connectivity index (χ0n) is 16.1. The van der Waals surface area contributed by atoms with Gasteiger partial charge < -0.3 is 4.74 Å². The summed E-state index contributed by atoms with van der Waals surface area (Å²) in [6.45, 7) is 1.69. The Morgan fingerprint density at radius 2 is 1.56 bits per heavy atom. The summed E-state index contributed by atoms with van der Waals surface area (Å²) in [6.07, 6.45) is -4.48. The molecular weight excluding hydrogens is 443 g/mol. The quantitative estimate of drug-likeness (QED) is 0.400. The van der Waals surface area contributed by atoms with E-state index in [1.54, 1.807) is 6.92 Å². The Morgan fingerprint density at radius 3 is 2.09 bits per heavy atom. The van der Waals surface area contributed by atoms with E-state index < -0.39 is 68.9 Å². The summed E-state index contributed by atoms with van der Waals surface area (Å²) in [7, 11) is 0. The summed E-state index contributed by atoms with van der Waals surface area (Å²) in [4.78, 5) is 0. The lowest BCUT2D eigenvalue weighted by molar-refractivity contribution is -0.189. The van der Waals surface area contributed by atoms with Crippen molar-refractivity contribution in [2.24, 2.45) is 0 Å². The van der Waals surface area contributed by atoms with Gasteiger partial charge in [0, 0.05) is 23.8 Å². The maximum absolute atomic E-state index is 15.0. The predicted octanol–water partition coefficient (Wildman–Crippen LogP) is 6.76. The summed E-state index contributed by atoms with van der Waals surface area (Å²) in [5.41, 5.74) is -4.52. The number of alkyl halides is 2. The molecule has 0 saturated carbocycles. The molecule has 1 radical (unpaired) electrons. The first-order chi connectivity index (χ1) is 15.0. The van der Waals surface area contributed by atoms with E-state index in [4.69, 9.17) is 5.26 Å². The Hall–Kier alpha value is -3.74. The number of benzene rings is 3. The Kier molecular flexibility index (Phi) is 6.03. The summed E-state index contributed by atoms with van der Waals surface area (Å²) < 4.78 is 104. The fraction of sp³-hybridized carbons (Fsp3) is 0.136. The minimum Gasteiger partial charge on any atom is -0.429 e. The minimum absolute atomic E-state index is 0.0259. The summed E-state index contributed by atoms with van der Waals surface area (Å²) in [5.74, 6) is -10.9. The smallest absolute Gasteiger partial charge is 0.429 e. The molecule has 0 N–H and O–H groups in total. The standard InChI is InChI=1S/C22H11F7NO2/c1-2-10-3-4-12(14(23)5-10)19-18(31)8-17(26)20(21(19)27)22(28,29)32-11-6-15(24)13(9-30)16(25)7-11/h3-8H,2H2,1H3. The molecule has 3 aromatic rings. The molecule has 0 heterocycles. The van der Waals surface area contributed by atoms with Gasteiger partial charge in [0.25, 0.3) is 0 Å². The molecule has 0 aliphatic heterocycles. The lowest BCUT2D eigenvalue weighted by Gasteiger charge is -2.21. The van der Waals surface area contributed by atoms with Crippen LogP contribution in [0.3, 0.4) is 0 Å². The van der Waals surface area contributed by atoms with Crippen molar-refractivity contribution in [1.82, 2.24) is 0 Å². The van der Waals surface area contributed by atoms with E-state index in [1.165, 1.54) is 12.1 Å². The fourth-order valence-electron chi connectivity index (χ4n) is 3.01. The van der Waals surface area contributed by atoms with E-state index in [-0.39, 0.29) is 18.2 Å². The van der Waals surface area contributed by atoms with Crippen molar-refractivity contribution in [1.29, 1.82) is 5.26 Å². The number of hydrogen-bond acceptors (Lipinski definition) is 2. The molecule has 0 fully saturated rings. The molecule has 0 amide bonds. The van der Waals surface area contributed by atoms with Crippen LogP contribution in [-0.2, 0) is 17.6 Å². The van der Waals surface area contributed by atoms with Crippen LogP contribution in [0.25, 0.3) is 11.1 Å². The van der Waals surface area contributed by atoms with E-state index in [0.717, 1.165) is 12.1 Å². The summed E-state index contributed by atoms with van der Waals surface area (Å²) in [6, 6.07) is 4.91. The molecule has 0 bridgehead atoms. The average Bonchev–Trinajstić information content (AvgIpc) is 2.67. The van der Waals surface area contributed by atoms with Crippen molar-refractivity contribution in [2.45, 2.75) is 19.5 Å². The average molecular weight is 454 g/mol. The van der Waals surface area contributed by atoms with Gasteiger partial charge in [0.15, 0.2) is 11.6 Å². The van der Waals surface area contributed by atoms with Crippen LogP contribution in [0.15, 0.2) is 36.4 Å². The highest BCUT2D eigenvalue weighted by Crippen LogP contribution is 2.43. The third-order valence-electron chi connectivity index (χ3n) is 4.56. The number of ether oxygens (including phenoxy) is 1. The number of rotatable bonds is 5. The molecule has 3 rings (SSSR count). The van der Waals surface area contributed by atoms with Gasteiger partial charge in [0.1, 0.15) is 46.2 Å². The zero-order valence-corrected chi connectivity index (χ0v) is 16.1. The summed E-state index contributed by atoms with van der Waals surface area (Å²) >= 11 is 0. The Morgan fingerprint density at radius 1 is 0.938 bits per heavy atom. The highest BCUT2D eigenvalue weighted by Gasteiger charge is 2.43. The number of aryl methyl sites for hydroxylation is 1. The van der Waals surface area contributed by atoms with Crippen molar-refractivity contribution in [3.05, 3.63) is 82.2 Å². The van der Waals surface area contributed by atoms with Crippen LogP contribution in [0.4, 0.5) is 30.7 Å². The fourth-order valence-corrected chi connectivity index (χ4v) is 3.01. The van der Waals surface area contributed by atoms with Gasteiger partial charge >= 0.3 is 6.11 Å². The van der Waals surface area contributed by atoms with Gasteiger partial charge in [-0.15, -0.1) is 0 Å². The molecule has 0 aliphatic carbocycles. The minimum atomic E-state index is -4.87. The molecule has 0 unspecified atom stereocenters. The molecule has 0 atom stereocenters. The first-order valence-electron chi connectivity index (χ1n) is 8.94. The molecule has 0 aliphatic rings. The zero-order chi connectivity index (χ0) is 23.8. The molecular formula is C22H11F7NO2. The molecule has 0 saturated heterocycles. The van der Waals surface area contributed by atoms with Crippen molar-refractivity contribution in [2.75, 3.05) is 0 Å². The molecule has 0 aromatic heterocycles. The molecule has 32 heavy (non-hydrogen) atoms. The molecule has 0 spiro atoms. The van der Waals surface area contributed by atoms with E-state index in [9.17, 15) is 35.8 Å². The third-order valence-corrected chi connectivity index (χ3v) is 4.56. The molecule has 10 heteroatoms. The van der Waals surface area contributed by atoms with E-state index in [2.05, 4.69) is 4.74 Å². The second kappa shape index (κ2) is 8.42. The van der Waals surface area contributed by atoms with Gasteiger partial charge in [-0.1, -0.05) is 19.1 Å². The number of hydrogen-bond donors (Lipinski definition) is 0. The maximum Gasteiger partial charge on any atom is 0.432 e. The first kappa shape index (κ1) is 22.9. The van der Waals surface area contributed by atoms with Gasteiger partial charge in [-0.25, -0.2) is 22.0 Å². The normalized spacial score (nSPS) is 11.3. The van der Waals surface area contributed by atoms with Crippen molar-refractivity contribution < 1.29 is 40.6 Å². The Labute approximate surface area is 176 Å². The highest BCUT2D eigenvalue weighted by molar-refractivity contribution is 5.72. The predicted molar refractivity (Wildman–Crippen MR) is 96.9 cm³/mol. The van der Waals surface area contributed by atoms with Crippen LogP contribution in [0, 0.1) is 40.4 Å². The van der Waals surface area contributed by atoms with Crippen molar-refractivity contribution in [3.8, 4) is 28.7 Å². The third kappa shape index (κ3) is 4.06. The largest absolute Gasteiger partial charge is 0.432 e. The van der Waals surface area contributed by atoms with Crippen LogP contribution >= 0.6 is 0 Å². The number of halogens is 7.